The third-order valence-corrected chi connectivity index (χ3v) is 4.09. The average molecular weight is 303 g/mol. The molecular formula is C15H17N3O2S. The Balaban J connectivity index is 2.10. The lowest BCUT2D eigenvalue weighted by Crippen LogP contribution is -1.94. The van der Waals surface area contributed by atoms with Crippen molar-refractivity contribution in [1.29, 1.82) is 0 Å². The van der Waals surface area contributed by atoms with Crippen molar-refractivity contribution in [2.24, 2.45) is 0 Å². The zero-order valence-corrected chi connectivity index (χ0v) is 13.0. The Morgan fingerprint density at radius 2 is 2.00 bits per heavy atom. The van der Waals surface area contributed by atoms with Gasteiger partial charge in [-0.1, -0.05) is 0 Å². The van der Waals surface area contributed by atoms with Crippen LogP contribution in [0, 0.1) is 0 Å². The molecular weight excluding hydrogens is 286 g/mol. The van der Waals surface area contributed by atoms with Gasteiger partial charge in [0.25, 0.3) is 0 Å². The maximum absolute atomic E-state index is 5.38. The minimum atomic E-state index is 0.713. The standard InChI is InChI=1S/C15H17N3O2S/c1-4-16-15-18-12(8-21-15)10-7-17-11-6-14(20-3)13(19-2)5-9(10)11/h5-8,17H,4H2,1-3H3,(H,16,18). The van der Waals surface area contributed by atoms with Crippen molar-refractivity contribution in [3.8, 4) is 22.8 Å². The Kier molecular flexibility index (Phi) is 3.70. The monoisotopic (exact) mass is 303 g/mol. The maximum Gasteiger partial charge on any atom is 0.183 e. The van der Waals surface area contributed by atoms with Crippen molar-refractivity contribution in [2.45, 2.75) is 6.92 Å². The van der Waals surface area contributed by atoms with Gasteiger partial charge in [-0.25, -0.2) is 4.98 Å². The molecule has 21 heavy (non-hydrogen) atoms. The Morgan fingerprint density at radius 1 is 1.24 bits per heavy atom. The largest absolute Gasteiger partial charge is 0.493 e. The Bertz CT molecular complexity index is 763. The Labute approximate surface area is 126 Å². The second-order valence-electron chi connectivity index (χ2n) is 4.52. The van der Waals surface area contributed by atoms with Gasteiger partial charge in [0.2, 0.25) is 0 Å². The van der Waals surface area contributed by atoms with E-state index >= 15 is 0 Å². The van der Waals surface area contributed by atoms with Crippen LogP contribution in [0.5, 0.6) is 11.5 Å². The minimum absolute atomic E-state index is 0.713. The molecule has 3 aromatic rings. The number of aromatic nitrogens is 2. The number of thiazole rings is 1. The Morgan fingerprint density at radius 3 is 2.71 bits per heavy atom. The Hall–Kier alpha value is -2.21. The van der Waals surface area contributed by atoms with Gasteiger partial charge in [-0.2, -0.15) is 0 Å². The summed E-state index contributed by atoms with van der Waals surface area (Å²) in [4.78, 5) is 7.87. The topological polar surface area (TPSA) is 59.2 Å². The SMILES string of the molecule is CCNc1nc(-c2c[nH]c3cc(OC)c(OC)cc23)cs1. The number of benzene rings is 1. The number of hydrogen-bond acceptors (Lipinski definition) is 5. The lowest BCUT2D eigenvalue weighted by atomic mass is 10.1. The van der Waals surface area contributed by atoms with Crippen molar-refractivity contribution in [2.75, 3.05) is 26.1 Å². The molecule has 1 aromatic carbocycles. The van der Waals surface area contributed by atoms with Crippen molar-refractivity contribution in [3.63, 3.8) is 0 Å². The van der Waals surface area contributed by atoms with Gasteiger partial charge in [0.05, 0.1) is 25.4 Å². The predicted octanol–water partition coefficient (Wildman–Crippen LogP) is 3.74. The highest BCUT2D eigenvalue weighted by Gasteiger charge is 2.13. The van der Waals surface area contributed by atoms with E-state index in [0.29, 0.717) is 11.5 Å². The lowest BCUT2D eigenvalue weighted by molar-refractivity contribution is 0.356. The number of rotatable bonds is 5. The van der Waals surface area contributed by atoms with E-state index in [1.807, 2.05) is 18.3 Å². The number of methoxy groups -OCH3 is 2. The van der Waals surface area contributed by atoms with Gasteiger partial charge >= 0.3 is 0 Å². The third kappa shape index (κ3) is 2.42. The molecule has 2 heterocycles. The molecule has 6 heteroatoms. The van der Waals surface area contributed by atoms with Gasteiger partial charge < -0.3 is 19.8 Å². The van der Waals surface area contributed by atoms with Crippen molar-refractivity contribution in [3.05, 3.63) is 23.7 Å². The molecule has 0 aliphatic carbocycles. The number of fused-ring (bicyclic) bond motifs is 1. The molecule has 0 saturated carbocycles. The number of nitrogens with one attached hydrogen (secondary N) is 2. The van der Waals surface area contributed by atoms with Crippen LogP contribution >= 0.6 is 11.3 Å². The van der Waals surface area contributed by atoms with Crippen LogP contribution in [0.3, 0.4) is 0 Å². The molecule has 0 aliphatic rings. The van der Waals surface area contributed by atoms with E-state index in [9.17, 15) is 0 Å². The fraction of sp³-hybridized carbons (Fsp3) is 0.267. The molecule has 0 spiro atoms. The number of nitrogens with zero attached hydrogens (tertiary/aromatic N) is 1. The molecule has 110 valence electrons. The van der Waals surface area contributed by atoms with Crippen molar-refractivity contribution >= 4 is 27.4 Å². The highest BCUT2D eigenvalue weighted by Crippen LogP contribution is 2.37. The average Bonchev–Trinajstić information content (AvgIpc) is 3.12. The summed E-state index contributed by atoms with van der Waals surface area (Å²) >= 11 is 1.61. The second-order valence-corrected chi connectivity index (χ2v) is 5.38. The molecule has 3 rings (SSSR count). The fourth-order valence-corrected chi connectivity index (χ4v) is 3.07. The molecule has 0 radical (unpaired) electrons. The van der Waals surface area contributed by atoms with E-state index in [2.05, 4.69) is 27.6 Å². The summed E-state index contributed by atoms with van der Waals surface area (Å²) in [6.07, 6.45) is 1.97. The minimum Gasteiger partial charge on any atom is -0.493 e. The van der Waals surface area contributed by atoms with Crippen molar-refractivity contribution in [1.82, 2.24) is 9.97 Å². The first-order chi connectivity index (χ1) is 10.3. The van der Waals surface area contributed by atoms with E-state index in [-0.39, 0.29) is 0 Å². The van der Waals surface area contributed by atoms with E-state index in [1.54, 1.807) is 25.6 Å². The van der Waals surface area contributed by atoms with Crippen LogP contribution < -0.4 is 14.8 Å². The second kappa shape index (κ2) is 5.65. The third-order valence-electron chi connectivity index (χ3n) is 3.29. The number of anilines is 1. The van der Waals surface area contributed by atoms with Crippen LogP contribution in [-0.2, 0) is 0 Å². The molecule has 0 aliphatic heterocycles. The molecule has 2 N–H and O–H groups in total. The van der Waals surface area contributed by atoms with Gasteiger partial charge in [-0.15, -0.1) is 11.3 Å². The molecule has 0 fully saturated rings. The first-order valence-electron chi connectivity index (χ1n) is 6.69. The normalized spacial score (nSPS) is 10.8. The van der Waals surface area contributed by atoms with Crippen LogP contribution in [0.25, 0.3) is 22.2 Å². The van der Waals surface area contributed by atoms with Crippen molar-refractivity contribution < 1.29 is 9.47 Å². The van der Waals surface area contributed by atoms with Gasteiger partial charge in [0.15, 0.2) is 16.6 Å². The highest BCUT2D eigenvalue weighted by atomic mass is 32.1. The van der Waals surface area contributed by atoms with Crippen LogP contribution in [0.4, 0.5) is 5.13 Å². The first-order valence-corrected chi connectivity index (χ1v) is 7.57. The molecule has 0 unspecified atom stereocenters. The summed E-state index contributed by atoms with van der Waals surface area (Å²) in [5.41, 5.74) is 3.02. The first kappa shape index (κ1) is 13.8. The summed E-state index contributed by atoms with van der Waals surface area (Å²) in [7, 11) is 3.28. The van der Waals surface area contributed by atoms with Gasteiger partial charge in [-0.05, 0) is 13.0 Å². The number of hydrogen-bond donors (Lipinski definition) is 2. The number of ether oxygens (including phenoxy) is 2. The van der Waals surface area contributed by atoms with E-state index in [1.165, 1.54) is 0 Å². The zero-order valence-electron chi connectivity index (χ0n) is 12.2. The molecule has 2 aromatic heterocycles. The summed E-state index contributed by atoms with van der Waals surface area (Å²) in [6, 6.07) is 3.92. The predicted molar refractivity (Wildman–Crippen MR) is 86.7 cm³/mol. The van der Waals surface area contributed by atoms with E-state index in [0.717, 1.165) is 33.8 Å². The quantitative estimate of drug-likeness (QED) is 0.754. The lowest BCUT2D eigenvalue weighted by Gasteiger charge is -2.07. The number of H-pyrrole nitrogens is 1. The molecule has 0 bridgehead atoms. The summed E-state index contributed by atoms with van der Waals surface area (Å²) in [5.74, 6) is 1.43. The van der Waals surface area contributed by atoms with Gasteiger partial charge in [0.1, 0.15) is 0 Å². The van der Waals surface area contributed by atoms with Crippen LogP contribution in [0.15, 0.2) is 23.7 Å². The number of aromatic amines is 1. The van der Waals surface area contributed by atoms with Gasteiger partial charge in [0, 0.05) is 35.1 Å². The van der Waals surface area contributed by atoms with Crippen LogP contribution in [-0.4, -0.2) is 30.7 Å². The van der Waals surface area contributed by atoms with Crippen LogP contribution in [0.2, 0.25) is 0 Å². The molecule has 5 nitrogen and oxygen atoms in total. The summed E-state index contributed by atoms with van der Waals surface area (Å²) < 4.78 is 10.7. The zero-order chi connectivity index (χ0) is 14.8. The molecule has 0 atom stereocenters. The summed E-state index contributed by atoms with van der Waals surface area (Å²) in [5, 5.41) is 7.29. The summed E-state index contributed by atoms with van der Waals surface area (Å²) in [6.45, 7) is 2.93. The highest BCUT2D eigenvalue weighted by molar-refractivity contribution is 7.14. The maximum atomic E-state index is 5.38. The smallest absolute Gasteiger partial charge is 0.183 e. The van der Waals surface area contributed by atoms with Crippen LogP contribution in [0.1, 0.15) is 6.92 Å². The molecule has 0 saturated heterocycles. The van der Waals surface area contributed by atoms with E-state index < -0.39 is 0 Å². The fourth-order valence-electron chi connectivity index (χ4n) is 2.29. The van der Waals surface area contributed by atoms with E-state index in [4.69, 9.17) is 9.47 Å². The van der Waals surface area contributed by atoms with Gasteiger partial charge in [-0.3, -0.25) is 0 Å². The molecule has 0 amide bonds.